The average Bonchev–Trinajstić information content (AvgIpc) is 2.92. The number of carbonyl (C=O) groups is 2. The van der Waals surface area contributed by atoms with Gasteiger partial charge in [0, 0.05) is 12.6 Å². The van der Waals surface area contributed by atoms with Crippen molar-refractivity contribution >= 4 is 22.0 Å². The van der Waals surface area contributed by atoms with Gasteiger partial charge in [0.1, 0.15) is 6.04 Å². The SMILES string of the molecule is CC(C)COc1cc([C@@H](C)NS(=O)(=O)CCCCCN2C(=O)NC(=O)[C@H]2C)ccc1F. The lowest BCUT2D eigenvalue weighted by molar-refractivity contribution is -0.121. The molecule has 1 aromatic rings. The molecule has 0 aromatic heterocycles. The lowest BCUT2D eigenvalue weighted by atomic mass is 10.1. The molecule has 2 atom stereocenters. The standard InChI is InChI=1S/C21H32FN3O5S/c1-14(2)13-30-19-12-17(8-9-18(19)22)15(3)24-31(28,29)11-7-5-6-10-25-16(4)20(26)23-21(25)27/h8-9,12,14-16,24H,5-7,10-11,13H2,1-4H3,(H,23,26,27)/t15-,16-/m1/s1. The molecule has 1 saturated heterocycles. The van der Waals surface area contributed by atoms with Crippen molar-refractivity contribution in [2.75, 3.05) is 18.9 Å². The van der Waals surface area contributed by atoms with Gasteiger partial charge in [0.15, 0.2) is 11.6 Å². The monoisotopic (exact) mass is 457 g/mol. The van der Waals surface area contributed by atoms with Gasteiger partial charge in [-0.05, 0) is 50.3 Å². The molecule has 0 saturated carbocycles. The van der Waals surface area contributed by atoms with Gasteiger partial charge < -0.3 is 9.64 Å². The summed E-state index contributed by atoms with van der Waals surface area (Å²) in [5.74, 6) is -0.513. The van der Waals surface area contributed by atoms with Gasteiger partial charge >= 0.3 is 6.03 Å². The highest BCUT2D eigenvalue weighted by Crippen LogP contribution is 2.24. The first-order chi connectivity index (χ1) is 14.5. The molecule has 3 amide bonds. The molecule has 10 heteroatoms. The minimum atomic E-state index is -3.54. The van der Waals surface area contributed by atoms with Gasteiger partial charge in [-0.3, -0.25) is 10.1 Å². The van der Waals surface area contributed by atoms with Crippen LogP contribution in [0.5, 0.6) is 5.75 Å². The van der Waals surface area contributed by atoms with Gasteiger partial charge in [0.2, 0.25) is 10.0 Å². The van der Waals surface area contributed by atoms with E-state index in [2.05, 4.69) is 10.0 Å². The summed E-state index contributed by atoms with van der Waals surface area (Å²) in [5, 5.41) is 2.25. The molecular weight excluding hydrogens is 425 g/mol. The maximum Gasteiger partial charge on any atom is 0.324 e. The molecule has 1 aliphatic rings. The summed E-state index contributed by atoms with van der Waals surface area (Å²) in [5.41, 5.74) is 0.613. The maximum atomic E-state index is 13.9. The minimum absolute atomic E-state index is 0.0596. The summed E-state index contributed by atoms with van der Waals surface area (Å²) in [6, 6.07) is 2.89. The number of nitrogens with one attached hydrogen (secondary N) is 2. The number of rotatable bonds is 12. The van der Waals surface area contributed by atoms with Crippen LogP contribution in [0.2, 0.25) is 0 Å². The van der Waals surface area contributed by atoms with E-state index in [-0.39, 0.29) is 23.3 Å². The smallest absolute Gasteiger partial charge is 0.324 e. The fraction of sp³-hybridized carbons (Fsp3) is 0.619. The summed E-state index contributed by atoms with van der Waals surface area (Å²) in [7, 11) is -3.54. The fourth-order valence-corrected chi connectivity index (χ4v) is 4.57. The van der Waals surface area contributed by atoms with Gasteiger partial charge in [-0.1, -0.05) is 26.3 Å². The van der Waals surface area contributed by atoms with E-state index in [0.29, 0.717) is 38.0 Å². The highest BCUT2D eigenvalue weighted by molar-refractivity contribution is 7.89. The molecule has 2 rings (SSSR count). The molecule has 0 radical (unpaired) electrons. The fourth-order valence-electron chi connectivity index (χ4n) is 3.20. The van der Waals surface area contributed by atoms with Crippen LogP contribution in [0.25, 0.3) is 0 Å². The summed E-state index contributed by atoms with van der Waals surface area (Å²) in [6.45, 7) is 8.03. The van der Waals surface area contributed by atoms with Crippen molar-refractivity contribution in [3.05, 3.63) is 29.6 Å². The number of urea groups is 1. The van der Waals surface area contributed by atoms with E-state index in [4.69, 9.17) is 4.74 Å². The predicted molar refractivity (Wildman–Crippen MR) is 116 cm³/mol. The molecule has 2 N–H and O–H groups in total. The Morgan fingerprint density at radius 2 is 1.90 bits per heavy atom. The van der Waals surface area contributed by atoms with Crippen molar-refractivity contribution in [2.24, 2.45) is 5.92 Å². The first-order valence-electron chi connectivity index (χ1n) is 10.5. The summed E-state index contributed by atoms with van der Waals surface area (Å²) in [4.78, 5) is 24.5. The normalized spacial score (nSPS) is 17.9. The van der Waals surface area contributed by atoms with E-state index in [1.807, 2.05) is 13.8 Å². The Hall–Kier alpha value is -2.20. The number of unbranched alkanes of at least 4 members (excludes halogenated alkanes) is 2. The molecule has 1 aliphatic heterocycles. The van der Waals surface area contributed by atoms with Gasteiger partial charge in [-0.2, -0.15) is 0 Å². The third-order valence-electron chi connectivity index (χ3n) is 5.03. The number of nitrogens with zero attached hydrogens (tertiary/aromatic N) is 1. The molecule has 0 spiro atoms. The molecule has 8 nitrogen and oxygen atoms in total. The third kappa shape index (κ3) is 7.46. The van der Waals surface area contributed by atoms with Gasteiger partial charge in [0.25, 0.3) is 5.91 Å². The van der Waals surface area contributed by atoms with E-state index in [9.17, 15) is 22.4 Å². The number of benzene rings is 1. The van der Waals surface area contributed by atoms with E-state index < -0.39 is 34.0 Å². The second-order valence-corrected chi connectivity index (χ2v) is 10.2. The Morgan fingerprint density at radius 1 is 1.19 bits per heavy atom. The Bertz CT molecular complexity index is 891. The average molecular weight is 458 g/mol. The maximum absolute atomic E-state index is 13.9. The summed E-state index contributed by atoms with van der Waals surface area (Å²) < 4.78 is 46.8. The lowest BCUT2D eigenvalue weighted by Crippen LogP contribution is -2.33. The largest absolute Gasteiger partial charge is 0.490 e. The van der Waals surface area contributed by atoms with E-state index >= 15 is 0 Å². The van der Waals surface area contributed by atoms with Crippen LogP contribution in [-0.2, 0) is 14.8 Å². The lowest BCUT2D eigenvalue weighted by Gasteiger charge is -2.18. The number of sulfonamides is 1. The van der Waals surface area contributed by atoms with Crippen LogP contribution < -0.4 is 14.8 Å². The van der Waals surface area contributed by atoms with Crippen molar-refractivity contribution < 1.29 is 27.1 Å². The first-order valence-corrected chi connectivity index (χ1v) is 12.2. The predicted octanol–water partition coefficient (Wildman–Crippen LogP) is 2.95. The Kier molecular flexibility index (Phi) is 8.81. The van der Waals surface area contributed by atoms with Crippen molar-refractivity contribution in [1.29, 1.82) is 0 Å². The van der Waals surface area contributed by atoms with Crippen LogP contribution in [-0.4, -0.2) is 50.2 Å². The molecule has 0 unspecified atom stereocenters. The zero-order valence-corrected chi connectivity index (χ0v) is 19.3. The van der Waals surface area contributed by atoms with Crippen LogP contribution in [0.3, 0.4) is 0 Å². The molecule has 1 aromatic carbocycles. The summed E-state index contributed by atoms with van der Waals surface area (Å²) in [6.07, 6.45) is 1.63. The first kappa shape index (κ1) is 25.1. The Balaban J connectivity index is 1.80. The quantitative estimate of drug-likeness (QED) is 0.371. The van der Waals surface area contributed by atoms with Gasteiger partial charge in [-0.25, -0.2) is 22.3 Å². The zero-order valence-electron chi connectivity index (χ0n) is 18.5. The minimum Gasteiger partial charge on any atom is -0.490 e. The zero-order chi connectivity index (χ0) is 23.2. The number of imide groups is 1. The topological polar surface area (TPSA) is 105 Å². The molecule has 31 heavy (non-hydrogen) atoms. The molecule has 1 heterocycles. The van der Waals surface area contributed by atoms with Crippen LogP contribution in [0.4, 0.5) is 9.18 Å². The van der Waals surface area contributed by atoms with Crippen molar-refractivity contribution in [3.63, 3.8) is 0 Å². The van der Waals surface area contributed by atoms with Crippen LogP contribution >= 0.6 is 0 Å². The molecular formula is C21H32FN3O5S. The second kappa shape index (κ2) is 10.9. The number of hydrogen-bond donors (Lipinski definition) is 2. The second-order valence-electron chi connectivity index (χ2n) is 8.28. The van der Waals surface area contributed by atoms with Crippen molar-refractivity contribution in [1.82, 2.24) is 14.9 Å². The molecule has 0 bridgehead atoms. The number of amides is 3. The van der Waals surface area contributed by atoms with E-state index in [1.165, 1.54) is 23.1 Å². The Morgan fingerprint density at radius 3 is 2.52 bits per heavy atom. The molecule has 1 fully saturated rings. The number of halogens is 1. The van der Waals surface area contributed by atoms with Crippen molar-refractivity contribution in [2.45, 2.75) is 59.0 Å². The molecule has 0 aliphatic carbocycles. The highest BCUT2D eigenvalue weighted by atomic mass is 32.2. The van der Waals surface area contributed by atoms with Gasteiger partial charge in [0.05, 0.1) is 12.4 Å². The third-order valence-corrected chi connectivity index (χ3v) is 6.57. The van der Waals surface area contributed by atoms with Crippen LogP contribution in [0.15, 0.2) is 18.2 Å². The van der Waals surface area contributed by atoms with Crippen LogP contribution in [0.1, 0.15) is 58.6 Å². The summed E-state index contributed by atoms with van der Waals surface area (Å²) >= 11 is 0. The molecule has 174 valence electrons. The number of hydrogen-bond acceptors (Lipinski definition) is 5. The van der Waals surface area contributed by atoms with Gasteiger partial charge in [-0.15, -0.1) is 0 Å². The van der Waals surface area contributed by atoms with Crippen LogP contribution in [0, 0.1) is 11.7 Å². The van der Waals surface area contributed by atoms with E-state index in [1.54, 1.807) is 13.8 Å². The highest BCUT2D eigenvalue weighted by Gasteiger charge is 2.34. The number of ether oxygens (including phenoxy) is 1. The van der Waals surface area contributed by atoms with E-state index in [0.717, 1.165) is 0 Å². The number of carbonyl (C=O) groups excluding carboxylic acids is 2. The van der Waals surface area contributed by atoms with Crippen molar-refractivity contribution in [3.8, 4) is 5.75 Å². The Labute approximate surface area is 183 Å².